The molecule has 0 radical (unpaired) electrons. The molecule has 31 heavy (non-hydrogen) atoms. The SMILES string of the molecule is N#Cc1ccccc1N1N=C(c2ccccn2)CN(c2cccc([N+](=O)[O-])c2)C1C=O. The van der Waals surface area contributed by atoms with Crippen molar-refractivity contribution in [3.05, 3.63) is 94.3 Å². The van der Waals surface area contributed by atoms with Crippen LogP contribution in [-0.4, -0.2) is 34.6 Å². The molecule has 0 amide bonds. The van der Waals surface area contributed by atoms with Crippen molar-refractivity contribution in [1.29, 1.82) is 5.26 Å². The Hall–Kier alpha value is -4.58. The van der Waals surface area contributed by atoms with Gasteiger partial charge in [-0.05, 0) is 30.3 Å². The smallest absolute Gasteiger partial charge is 0.271 e. The Labute approximate surface area is 177 Å². The van der Waals surface area contributed by atoms with E-state index >= 15 is 0 Å². The summed E-state index contributed by atoms with van der Waals surface area (Å²) < 4.78 is 0. The number of para-hydroxylation sites is 1. The number of benzene rings is 2. The van der Waals surface area contributed by atoms with Gasteiger partial charge in [-0.25, -0.2) is 5.01 Å². The highest BCUT2D eigenvalue weighted by atomic mass is 16.6. The van der Waals surface area contributed by atoms with Gasteiger partial charge >= 0.3 is 0 Å². The van der Waals surface area contributed by atoms with Gasteiger partial charge < -0.3 is 4.90 Å². The average molecular weight is 412 g/mol. The number of anilines is 2. The van der Waals surface area contributed by atoms with Crippen molar-refractivity contribution in [2.24, 2.45) is 5.10 Å². The van der Waals surface area contributed by atoms with Gasteiger partial charge in [0.1, 0.15) is 11.8 Å². The predicted molar refractivity (Wildman–Crippen MR) is 115 cm³/mol. The maximum Gasteiger partial charge on any atom is 0.271 e. The third kappa shape index (κ3) is 3.82. The summed E-state index contributed by atoms with van der Waals surface area (Å²) in [6.45, 7) is 0.201. The van der Waals surface area contributed by atoms with E-state index in [0.717, 1.165) is 0 Å². The Balaban J connectivity index is 1.88. The monoisotopic (exact) mass is 412 g/mol. The molecule has 1 aliphatic heterocycles. The topological polar surface area (TPSA) is 116 Å². The molecule has 0 saturated carbocycles. The van der Waals surface area contributed by atoms with Gasteiger partial charge in [0.2, 0.25) is 0 Å². The number of nitro benzene ring substituents is 1. The predicted octanol–water partition coefficient (Wildman–Crippen LogP) is 3.12. The number of hydrogen-bond donors (Lipinski definition) is 0. The van der Waals surface area contributed by atoms with Crippen LogP contribution in [-0.2, 0) is 4.79 Å². The second-order valence-electron chi connectivity index (χ2n) is 6.69. The maximum atomic E-state index is 12.2. The van der Waals surface area contributed by atoms with Crippen molar-refractivity contribution < 1.29 is 9.72 Å². The summed E-state index contributed by atoms with van der Waals surface area (Å²) in [4.78, 5) is 29.0. The molecule has 0 spiro atoms. The van der Waals surface area contributed by atoms with Gasteiger partial charge in [0.05, 0.1) is 28.4 Å². The molecule has 0 saturated heterocycles. The number of hydrazone groups is 1. The number of pyridine rings is 1. The molecule has 1 unspecified atom stereocenters. The third-order valence-corrected chi connectivity index (χ3v) is 4.84. The van der Waals surface area contributed by atoms with Gasteiger partial charge in [0, 0.05) is 24.0 Å². The quantitative estimate of drug-likeness (QED) is 0.359. The largest absolute Gasteiger partial charge is 0.337 e. The van der Waals surface area contributed by atoms with Crippen LogP contribution in [0.5, 0.6) is 0 Å². The van der Waals surface area contributed by atoms with Crippen molar-refractivity contribution in [1.82, 2.24) is 4.98 Å². The number of aldehydes is 1. The zero-order valence-corrected chi connectivity index (χ0v) is 16.2. The lowest BCUT2D eigenvalue weighted by molar-refractivity contribution is -0.384. The van der Waals surface area contributed by atoms with E-state index in [1.165, 1.54) is 17.1 Å². The number of nitriles is 1. The van der Waals surface area contributed by atoms with E-state index in [1.807, 2.05) is 6.07 Å². The molecule has 2 aromatic carbocycles. The van der Waals surface area contributed by atoms with Gasteiger partial charge in [0.15, 0.2) is 12.5 Å². The fourth-order valence-electron chi connectivity index (χ4n) is 3.40. The number of hydrogen-bond acceptors (Lipinski definition) is 8. The first-order chi connectivity index (χ1) is 15.1. The Bertz CT molecular complexity index is 1210. The summed E-state index contributed by atoms with van der Waals surface area (Å²) in [5.74, 6) is 0. The molecule has 9 nitrogen and oxygen atoms in total. The number of nitro groups is 1. The van der Waals surface area contributed by atoms with Crippen LogP contribution in [0.2, 0.25) is 0 Å². The minimum Gasteiger partial charge on any atom is -0.337 e. The van der Waals surface area contributed by atoms with Gasteiger partial charge in [0.25, 0.3) is 5.69 Å². The molecular weight excluding hydrogens is 396 g/mol. The van der Waals surface area contributed by atoms with E-state index in [4.69, 9.17) is 0 Å². The number of carbonyl (C=O) groups excluding carboxylic acids is 1. The van der Waals surface area contributed by atoms with Crippen LogP contribution >= 0.6 is 0 Å². The molecule has 1 aromatic heterocycles. The Kier molecular flexibility index (Phi) is 5.36. The molecule has 2 heterocycles. The molecular formula is C22H16N6O3. The van der Waals surface area contributed by atoms with Crippen LogP contribution in [0.1, 0.15) is 11.3 Å². The summed E-state index contributed by atoms with van der Waals surface area (Å²) in [5, 5.41) is 26.9. The summed E-state index contributed by atoms with van der Waals surface area (Å²) in [7, 11) is 0. The number of nitrogens with zero attached hydrogens (tertiary/aromatic N) is 6. The van der Waals surface area contributed by atoms with E-state index in [-0.39, 0.29) is 12.2 Å². The number of non-ortho nitro benzene ring substituents is 1. The van der Waals surface area contributed by atoms with Crippen molar-refractivity contribution in [3.63, 3.8) is 0 Å². The summed E-state index contributed by atoms with van der Waals surface area (Å²) in [6, 6.07) is 20.4. The highest BCUT2D eigenvalue weighted by Crippen LogP contribution is 2.31. The molecule has 152 valence electrons. The highest BCUT2D eigenvalue weighted by Gasteiger charge is 2.34. The first-order valence-corrected chi connectivity index (χ1v) is 9.36. The summed E-state index contributed by atoms with van der Waals surface area (Å²) >= 11 is 0. The van der Waals surface area contributed by atoms with E-state index in [9.17, 15) is 20.2 Å². The fourth-order valence-corrected chi connectivity index (χ4v) is 3.40. The highest BCUT2D eigenvalue weighted by molar-refractivity contribution is 6.04. The van der Waals surface area contributed by atoms with Crippen LogP contribution in [0, 0.1) is 21.4 Å². The van der Waals surface area contributed by atoms with E-state index in [0.29, 0.717) is 34.6 Å². The Morgan fingerprint density at radius 3 is 2.65 bits per heavy atom. The van der Waals surface area contributed by atoms with Gasteiger partial charge in [-0.1, -0.05) is 24.3 Å². The molecule has 1 atom stereocenters. The number of carbonyl (C=O) groups is 1. The molecule has 0 aliphatic carbocycles. The molecule has 9 heteroatoms. The minimum atomic E-state index is -0.913. The van der Waals surface area contributed by atoms with Crippen molar-refractivity contribution >= 4 is 29.1 Å². The lowest BCUT2D eigenvalue weighted by atomic mass is 10.1. The normalized spacial score (nSPS) is 15.7. The fraction of sp³-hybridized carbons (Fsp3) is 0.0909. The number of aromatic nitrogens is 1. The van der Waals surface area contributed by atoms with Gasteiger partial charge in [-0.2, -0.15) is 10.4 Å². The molecule has 0 fully saturated rings. The van der Waals surface area contributed by atoms with E-state index < -0.39 is 11.1 Å². The lowest BCUT2D eigenvalue weighted by Gasteiger charge is -2.40. The second-order valence-corrected chi connectivity index (χ2v) is 6.69. The molecule has 0 bridgehead atoms. The van der Waals surface area contributed by atoms with Crippen LogP contribution in [0.3, 0.4) is 0 Å². The van der Waals surface area contributed by atoms with E-state index in [1.54, 1.807) is 59.6 Å². The first-order valence-electron chi connectivity index (χ1n) is 9.36. The number of rotatable bonds is 5. The third-order valence-electron chi connectivity index (χ3n) is 4.84. The van der Waals surface area contributed by atoms with Crippen LogP contribution in [0.4, 0.5) is 17.1 Å². The van der Waals surface area contributed by atoms with Crippen LogP contribution in [0.25, 0.3) is 0 Å². The first kappa shape index (κ1) is 19.7. The Morgan fingerprint density at radius 2 is 1.94 bits per heavy atom. The minimum absolute atomic E-state index is 0.0898. The molecule has 0 N–H and O–H groups in total. The van der Waals surface area contributed by atoms with Crippen molar-refractivity contribution in [2.75, 3.05) is 16.5 Å². The molecule has 1 aliphatic rings. The average Bonchev–Trinajstić information content (AvgIpc) is 2.83. The van der Waals surface area contributed by atoms with Crippen LogP contribution < -0.4 is 9.91 Å². The zero-order chi connectivity index (χ0) is 21.8. The van der Waals surface area contributed by atoms with E-state index in [2.05, 4.69) is 16.2 Å². The van der Waals surface area contributed by atoms with Gasteiger partial charge in [-0.15, -0.1) is 0 Å². The van der Waals surface area contributed by atoms with Crippen LogP contribution in [0.15, 0.2) is 78.0 Å². The molecule has 4 rings (SSSR count). The molecule has 3 aromatic rings. The van der Waals surface area contributed by atoms with Crippen molar-refractivity contribution in [3.8, 4) is 6.07 Å². The maximum absolute atomic E-state index is 12.2. The zero-order valence-electron chi connectivity index (χ0n) is 16.2. The lowest BCUT2D eigenvalue weighted by Crippen LogP contribution is -2.54. The second kappa shape index (κ2) is 8.42. The van der Waals surface area contributed by atoms with Gasteiger partial charge in [-0.3, -0.25) is 19.9 Å². The van der Waals surface area contributed by atoms with Crippen molar-refractivity contribution in [2.45, 2.75) is 6.17 Å². The standard InChI is InChI=1S/C22H16N6O3/c23-13-16-6-1-2-10-21(16)27-22(15-29)26(17-7-5-8-18(12-17)28(30)31)14-20(25-27)19-9-3-4-11-24-19/h1-12,15,22H,14H2. The Morgan fingerprint density at radius 1 is 1.13 bits per heavy atom. The summed E-state index contributed by atoms with van der Waals surface area (Å²) in [5.41, 5.74) is 2.34. The summed E-state index contributed by atoms with van der Waals surface area (Å²) in [6.07, 6.45) is 1.42.